The van der Waals surface area contributed by atoms with E-state index in [2.05, 4.69) is 19.8 Å². The molecule has 3 aromatic rings. The third-order valence-corrected chi connectivity index (χ3v) is 8.42. The number of benzene rings is 1. The molecule has 0 bridgehead atoms. The molecule has 1 aliphatic rings. The van der Waals surface area contributed by atoms with Crippen LogP contribution in [-0.4, -0.2) is 46.5 Å². The number of pyridine rings is 1. The van der Waals surface area contributed by atoms with E-state index in [1.54, 1.807) is 19.9 Å². The van der Waals surface area contributed by atoms with Crippen molar-refractivity contribution in [3.63, 3.8) is 0 Å². The second-order valence-electron chi connectivity index (χ2n) is 10.2. The van der Waals surface area contributed by atoms with Gasteiger partial charge in [0.2, 0.25) is 10.0 Å². The maximum absolute atomic E-state index is 13.3. The second kappa shape index (κ2) is 10.3. The zero-order chi connectivity index (χ0) is 27.9. The fraction of sp³-hybridized carbons (Fsp3) is 0.480. The van der Waals surface area contributed by atoms with Crippen LogP contribution in [0.15, 0.2) is 39.9 Å². The van der Waals surface area contributed by atoms with E-state index in [1.165, 1.54) is 24.4 Å². The van der Waals surface area contributed by atoms with Gasteiger partial charge in [-0.2, -0.15) is 18.2 Å². The third kappa shape index (κ3) is 6.51. The number of halogens is 3. The van der Waals surface area contributed by atoms with Crippen molar-refractivity contribution in [1.82, 2.24) is 19.8 Å². The Morgan fingerprint density at radius 1 is 1.21 bits per heavy atom. The zero-order valence-electron chi connectivity index (χ0n) is 21.2. The number of alkyl halides is 3. The van der Waals surface area contributed by atoms with E-state index in [4.69, 9.17) is 10.3 Å². The number of aromatic nitrogens is 3. The molecule has 38 heavy (non-hydrogen) atoms. The third-order valence-electron chi connectivity index (χ3n) is 6.93. The standard InChI is InChI=1S/C25H30F3N5O4S/c1-14-4-5-17(38(35,36)33-20-7-9-24(3,34)8-6-15(20)2)11-18(14)16-10-19(22(29)30-13-16)23-31-21(32-37-23)12-25(26,27)28/h4-5,10-11,13,15,20,33-34H,6-9,12H2,1-3H3,(H2,29,30)/t15?,20-,24-/m1/s1. The van der Waals surface area contributed by atoms with Crippen LogP contribution in [0.25, 0.3) is 22.6 Å². The lowest BCUT2D eigenvalue weighted by Gasteiger charge is -2.23. The molecular weight excluding hydrogens is 523 g/mol. The summed E-state index contributed by atoms with van der Waals surface area (Å²) in [5.74, 6) is -0.749. The maximum Gasteiger partial charge on any atom is 0.396 e. The molecule has 0 spiro atoms. The summed E-state index contributed by atoms with van der Waals surface area (Å²) < 4.78 is 72.6. The quantitative estimate of drug-likeness (QED) is 0.381. The molecule has 3 atom stereocenters. The summed E-state index contributed by atoms with van der Waals surface area (Å²) in [5, 5.41) is 13.8. The highest BCUT2D eigenvalue weighted by Gasteiger charge is 2.33. The Bertz CT molecular complexity index is 1420. The highest BCUT2D eigenvalue weighted by atomic mass is 32.2. The van der Waals surface area contributed by atoms with Gasteiger partial charge in [0.25, 0.3) is 5.89 Å². The fourth-order valence-electron chi connectivity index (χ4n) is 4.55. The molecule has 9 nitrogen and oxygen atoms in total. The lowest BCUT2D eigenvalue weighted by atomic mass is 9.96. The van der Waals surface area contributed by atoms with Crippen LogP contribution in [-0.2, 0) is 16.4 Å². The van der Waals surface area contributed by atoms with Crippen LogP contribution in [0, 0.1) is 12.8 Å². The normalized spacial score (nSPS) is 22.8. The van der Waals surface area contributed by atoms with Gasteiger partial charge in [0, 0.05) is 17.8 Å². The van der Waals surface area contributed by atoms with E-state index in [1.807, 2.05) is 6.92 Å². The summed E-state index contributed by atoms with van der Waals surface area (Å²) in [6.07, 6.45) is -2.12. The summed E-state index contributed by atoms with van der Waals surface area (Å²) in [5.41, 5.74) is 6.99. The topological polar surface area (TPSA) is 144 Å². The Morgan fingerprint density at radius 2 is 1.92 bits per heavy atom. The molecule has 1 fully saturated rings. The molecule has 13 heteroatoms. The number of aliphatic hydroxyl groups is 1. The molecule has 0 radical (unpaired) electrons. The van der Waals surface area contributed by atoms with Crippen LogP contribution < -0.4 is 10.5 Å². The number of rotatable bonds is 6. The van der Waals surface area contributed by atoms with Gasteiger partial charge in [-0.25, -0.2) is 18.1 Å². The van der Waals surface area contributed by atoms with Crippen molar-refractivity contribution in [2.24, 2.45) is 5.92 Å². The number of nitrogen functional groups attached to an aromatic ring is 1. The van der Waals surface area contributed by atoms with E-state index in [-0.39, 0.29) is 34.1 Å². The Balaban J connectivity index is 1.64. The molecule has 4 rings (SSSR count). The van der Waals surface area contributed by atoms with Crippen molar-refractivity contribution in [2.45, 2.75) is 75.6 Å². The maximum atomic E-state index is 13.3. The first-order valence-corrected chi connectivity index (χ1v) is 13.6. The Labute approximate surface area is 218 Å². The van der Waals surface area contributed by atoms with E-state index < -0.39 is 34.0 Å². The lowest BCUT2D eigenvalue weighted by molar-refractivity contribution is -0.128. The summed E-state index contributed by atoms with van der Waals surface area (Å²) in [6, 6.07) is 5.87. The lowest BCUT2D eigenvalue weighted by Crippen LogP contribution is -2.39. The van der Waals surface area contributed by atoms with Gasteiger partial charge in [-0.15, -0.1) is 0 Å². The molecule has 2 heterocycles. The van der Waals surface area contributed by atoms with Gasteiger partial charge in [0.15, 0.2) is 5.82 Å². The van der Waals surface area contributed by atoms with E-state index >= 15 is 0 Å². The predicted molar refractivity (Wildman–Crippen MR) is 134 cm³/mol. The van der Waals surface area contributed by atoms with Crippen LogP contribution >= 0.6 is 0 Å². The zero-order valence-corrected chi connectivity index (χ0v) is 22.0. The van der Waals surface area contributed by atoms with Gasteiger partial charge < -0.3 is 15.4 Å². The van der Waals surface area contributed by atoms with Crippen LogP contribution in [0.1, 0.15) is 50.9 Å². The van der Waals surface area contributed by atoms with Crippen molar-refractivity contribution in [1.29, 1.82) is 0 Å². The van der Waals surface area contributed by atoms with Gasteiger partial charge in [0.1, 0.15) is 12.2 Å². The molecule has 206 valence electrons. The summed E-state index contributed by atoms with van der Waals surface area (Å²) in [7, 11) is -3.90. The molecule has 0 aliphatic heterocycles. The number of nitrogens with zero attached hydrogens (tertiary/aromatic N) is 3. The molecule has 0 saturated heterocycles. The summed E-state index contributed by atoms with van der Waals surface area (Å²) in [6.45, 7) is 5.52. The molecule has 1 unspecified atom stereocenters. The number of nitrogens with two attached hydrogens (primary N) is 1. The minimum Gasteiger partial charge on any atom is -0.390 e. The van der Waals surface area contributed by atoms with Crippen molar-refractivity contribution in [2.75, 3.05) is 5.73 Å². The van der Waals surface area contributed by atoms with Gasteiger partial charge in [-0.05, 0) is 74.8 Å². The Hall–Kier alpha value is -3.03. The van der Waals surface area contributed by atoms with Gasteiger partial charge in [-0.3, -0.25) is 0 Å². The minimum atomic E-state index is -4.50. The molecule has 2 aromatic heterocycles. The van der Waals surface area contributed by atoms with Gasteiger partial charge >= 0.3 is 6.18 Å². The van der Waals surface area contributed by atoms with Crippen molar-refractivity contribution < 1.29 is 31.2 Å². The monoisotopic (exact) mass is 553 g/mol. The first-order valence-electron chi connectivity index (χ1n) is 12.1. The number of aryl methyl sites for hydroxylation is 1. The number of hydrogen-bond donors (Lipinski definition) is 3. The molecule has 0 amide bonds. The van der Waals surface area contributed by atoms with Gasteiger partial charge in [0.05, 0.1) is 16.1 Å². The first kappa shape index (κ1) is 28.0. The van der Waals surface area contributed by atoms with E-state index in [0.29, 0.717) is 36.8 Å². The molecule has 1 aliphatic carbocycles. The number of anilines is 1. The second-order valence-corrected chi connectivity index (χ2v) is 11.9. The summed E-state index contributed by atoms with van der Waals surface area (Å²) >= 11 is 0. The van der Waals surface area contributed by atoms with E-state index in [9.17, 15) is 26.7 Å². The highest BCUT2D eigenvalue weighted by Crippen LogP contribution is 2.34. The summed E-state index contributed by atoms with van der Waals surface area (Å²) in [4.78, 5) is 7.95. The van der Waals surface area contributed by atoms with Crippen LogP contribution in [0.4, 0.5) is 19.0 Å². The molecule has 1 aromatic carbocycles. The van der Waals surface area contributed by atoms with Crippen molar-refractivity contribution in [3.8, 4) is 22.6 Å². The fourth-order valence-corrected chi connectivity index (χ4v) is 5.95. The number of hydrogen-bond acceptors (Lipinski definition) is 8. The number of sulfonamides is 1. The number of nitrogens with one attached hydrogen (secondary N) is 1. The van der Waals surface area contributed by atoms with Crippen LogP contribution in [0.5, 0.6) is 0 Å². The SMILES string of the molecule is Cc1ccc(S(=O)(=O)N[C@@H]2CC[C@](C)(O)CCC2C)cc1-c1cnc(N)c(-c2nc(CC(F)(F)F)no2)c1. The average molecular weight is 554 g/mol. The molecular formula is C25H30F3N5O4S. The van der Waals surface area contributed by atoms with Gasteiger partial charge in [-0.1, -0.05) is 18.1 Å². The van der Waals surface area contributed by atoms with E-state index in [0.717, 1.165) is 5.56 Å². The Morgan fingerprint density at radius 3 is 2.63 bits per heavy atom. The molecule has 4 N–H and O–H groups in total. The average Bonchev–Trinajstić information content (AvgIpc) is 3.22. The minimum absolute atomic E-state index is 0.0303. The van der Waals surface area contributed by atoms with Crippen LogP contribution in [0.2, 0.25) is 0 Å². The first-order chi connectivity index (χ1) is 17.6. The smallest absolute Gasteiger partial charge is 0.390 e. The predicted octanol–water partition coefficient (Wildman–Crippen LogP) is 4.40. The van der Waals surface area contributed by atoms with Crippen molar-refractivity contribution in [3.05, 3.63) is 41.9 Å². The molecule has 1 saturated carbocycles. The van der Waals surface area contributed by atoms with Crippen LogP contribution in [0.3, 0.4) is 0 Å². The van der Waals surface area contributed by atoms with Crippen molar-refractivity contribution >= 4 is 15.8 Å². The highest BCUT2D eigenvalue weighted by molar-refractivity contribution is 7.89. The largest absolute Gasteiger partial charge is 0.396 e. The Kier molecular flexibility index (Phi) is 7.56.